The summed E-state index contributed by atoms with van der Waals surface area (Å²) in [4.78, 5) is 24.0. The molecular weight excluding hydrogens is 328 g/mol. The molecule has 0 radical (unpaired) electrons. The van der Waals surface area contributed by atoms with E-state index in [2.05, 4.69) is 10.6 Å². The number of carbonyl (C=O) groups excluding carboxylic acids is 2. The smallest absolute Gasteiger partial charge is 0.233 e. The van der Waals surface area contributed by atoms with Crippen molar-refractivity contribution in [2.45, 2.75) is 20.3 Å². The summed E-state index contributed by atoms with van der Waals surface area (Å²) in [6.07, 6.45) is -0.281. The average molecular weight is 347 g/mol. The molecule has 0 bridgehead atoms. The molecule has 0 saturated carbocycles. The molecule has 6 heteroatoms. The molecular formula is C18H19ClN2O3. The number of aryl methyl sites for hydroxylation is 2. The van der Waals surface area contributed by atoms with Gasteiger partial charge in [0.15, 0.2) is 0 Å². The van der Waals surface area contributed by atoms with E-state index in [1.54, 1.807) is 18.2 Å². The zero-order valence-corrected chi connectivity index (χ0v) is 14.5. The minimum atomic E-state index is -0.418. The Kier molecular flexibility index (Phi) is 5.82. The van der Waals surface area contributed by atoms with E-state index < -0.39 is 5.91 Å². The maximum atomic E-state index is 12.0. The summed E-state index contributed by atoms with van der Waals surface area (Å²) < 4.78 is 5.05. The van der Waals surface area contributed by atoms with Gasteiger partial charge in [-0.3, -0.25) is 9.59 Å². The van der Waals surface area contributed by atoms with E-state index >= 15 is 0 Å². The van der Waals surface area contributed by atoms with Crippen molar-refractivity contribution in [2.75, 3.05) is 17.7 Å². The van der Waals surface area contributed by atoms with Gasteiger partial charge in [-0.1, -0.05) is 29.3 Å². The van der Waals surface area contributed by atoms with Crippen molar-refractivity contribution in [3.8, 4) is 5.75 Å². The normalized spacial score (nSPS) is 10.2. The third-order valence-corrected chi connectivity index (χ3v) is 3.71. The second kappa shape index (κ2) is 7.84. The first-order chi connectivity index (χ1) is 11.4. The highest BCUT2D eigenvalue weighted by Crippen LogP contribution is 2.27. The molecule has 5 nitrogen and oxygen atoms in total. The monoisotopic (exact) mass is 346 g/mol. The number of hydrogen-bond acceptors (Lipinski definition) is 3. The molecule has 2 amide bonds. The van der Waals surface area contributed by atoms with Crippen molar-refractivity contribution in [3.05, 3.63) is 52.5 Å². The van der Waals surface area contributed by atoms with E-state index in [1.165, 1.54) is 7.11 Å². The summed E-state index contributed by atoms with van der Waals surface area (Å²) in [6, 6.07) is 10.6. The minimum Gasteiger partial charge on any atom is -0.495 e. The first-order valence-electron chi connectivity index (χ1n) is 7.39. The third-order valence-electron chi connectivity index (χ3n) is 3.41. The molecule has 0 heterocycles. The molecule has 0 aliphatic carbocycles. The highest BCUT2D eigenvalue weighted by atomic mass is 35.5. The van der Waals surface area contributed by atoms with Crippen LogP contribution in [0.25, 0.3) is 0 Å². The topological polar surface area (TPSA) is 67.4 Å². The largest absolute Gasteiger partial charge is 0.495 e. The third kappa shape index (κ3) is 4.73. The lowest BCUT2D eigenvalue weighted by atomic mass is 10.1. The second-order valence-electron chi connectivity index (χ2n) is 5.44. The summed E-state index contributed by atoms with van der Waals surface area (Å²) in [5.74, 6) is -0.278. The van der Waals surface area contributed by atoms with Crippen LogP contribution in [0.5, 0.6) is 5.75 Å². The number of hydrogen-bond donors (Lipinski definition) is 2. The molecule has 0 aliphatic rings. The Morgan fingerprint density at radius 2 is 1.75 bits per heavy atom. The number of amides is 2. The van der Waals surface area contributed by atoms with Gasteiger partial charge >= 0.3 is 0 Å². The molecule has 126 valence electrons. The van der Waals surface area contributed by atoms with Crippen molar-refractivity contribution in [1.29, 1.82) is 0 Å². The van der Waals surface area contributed by atoms with Crippen LogP contribution >= 0.6 is 11.6 Å². The fraction of sp³-hybridized carbons (Fsp3) is 0.222. The van der Waals surface area contributed by atoms with E-state index in [0.717, 1.165) is 11.1 Å². The Labute approximate surface area is 146 Å². The van der Waals surface area contributed by atoms with E-state index in [-0.39, 0.29) is 12.3 Å². The van der Waals surface area contributed by atoms with Crippen LogP contribution in [0.4, 0.5) is 11.4 Å². The maximum absolute atomic E-state index is 12.0. The van der Waals surface area contributed by atoms with Gasteiger partial charge in [-0.25, -0.2) is 0 Å². The quantitative estimate of drug-likeness (QED) is 0.806. The van der Waals surface area contributed by atoms with Gasteiger partial charge in [0, 0.05) is 11.4 Å². The maximum Gasteiger partial charge on any atom is 0.233 e. The Bertz CT molecular complexity index is 775. The van der Waals surface area contributed by atoms with Crippen molar-refractivity contribution >= 4 is 34.8 Å². The molecule has 2 aromatic rings. The Hall–Kier alpha value is -2.53. The second-order valence-corrected chi connectivity index (χ2v) is 5.85. The van der Waals surface area contributed by atoms with E-state index in [0.29, 0.717) is 22.1 Å². The summed E-state index contributed by atoms with van der Waals surface area (Å²) in [5.41, 5.74) is 3.27. The first-order valence-corrected chi connectivity index (χ1v) is 7.77. The van der Waals surface area contributed by atoms with Gasteiger partial charge in [0.2, 0.25) is 11.8 Å². The summed E-state index contributed by atoms with van der Waals surface area (Å²) in [5, 5.41) is 5.76. The molecule has 2 N–H and O–H groups in total. The summed E-state index contributed by atoms with van der Waals surface area (Å²) in [7, 11) is 1.51. The predicted molar refractivity (Wildman–Crippen MR) is 95.8 cm³/mol. The summed E-state index contributed by atoms with van der Waals surface area (Å²) >= 11 is 6.00. The van der Waals surface area contributed by atoms with Crippen LogP contribution in [-0.4, -0.2) is 18.9 Å². The van der Waals surface area contributed by atoms with E-state index in [1.807, 2.05) is 32.0 Å². The number of methoxy groups -OCH3 is 1. The van der Waals surface area contributed by atoms with Crippen LogP contribution in [0.3, 0.4) is 0 Å². The van der Waals surface area contributed by atoms with Gasteiger partial charge in [-0.15, -0.1) is 0 Å². The van der Waals surface area contributed by atoms with Gasteiger partial charge in [-0.05, 0) is 43.7 Å². The van der Waals surface area contributed by atoms with Gasteiger partial charge in [0.05, 0.1) is 12.1 Å². The standard InChI is InChI=1S/C18H19ClN2O3/c1-11-4-6-15(12(2)8-11)21-18(23)10-17(22)20-13-5-7-16(24-3)14(19)9-13/h4-9H,10H2,1-3H3,(H,20,22)(H,21,23). The molecule has 0 fully saturated rings. The van der Waals surface area contributed by atoms with Crippen molar-refractivity contribution in [2.24, 2.45) is 0 Å². The Morgan fingerprint density at radius 1 is 1.04 bits per heavy atom. The zero-order chi connectivity index (χ0) is 17.7. The van der Waals surface area contributed by atoms with Crippen LogP contribution in [0.2, 0.25) is 5.02 Å². The van der Waals surface area contributed by atoms with Gasteiger partial charge in [-0.2, -0.15) is 0 Å². The number of nitrogens with one attached hydrogen (secondary N) is 2. The lowest BCUT2D eigenvalue weighted by Gasteiger charge is -2.10. The van der Waals surface area contributed by atoms with Crippen molar-refractivity contribution < 1.29 is 14.3 Å². The minimum absolute atomic E-state index is 0.281. The Morgan fingerprint density at radius 3 is 2.38 bits per heavy atom. The van der Waals surface area contributed by atoms with Crippen LogP contribution in [0.15, 0.2) is 36.4 Å². The molecule has 0 atom stereocenters. The molecule has 0 saturated heterocycles. The van der Waals surface area contributed by atoms with Gasteiger partial charge in [0.25, 0.3) is 0 Å². The number of halogens is 1. The SMILES string of the molecule is COc1ccc(NC(=O)CC(=O)Nc2ccc(C)cc2C)cc1Cl. The molecule has 0 unspecified atom stereocenters. The molecule has 0 spiro atoms. The van der Waals surface area contributed by atoms with Crippen LogP contribution < -0.4 is 15.4 Å². The lowest BCUT2D eigenvalue weighted by molar-refractivity contribution is -0.123. The van der Waals surface area contributed by atoms with Crippen molar-refractivity contribution in [3.63, 3.8) is 0 Å². The number of ether oxygens (including phenoxy) is 1. The van der Waals surface area contributed by atoms with Gasteiger partial charge < -0.3 is 15.4 Å². The molecule has 0 aliphatic heterocycles. The van der Waals surface area contributed by atoms with Gasteiger partial charge in [0.1, 0.15) is 12.2 Å². The zero-order valence-electron chi connectivity index (χ0n) is 13.8. The van der Waals surface area contributed by atoms with Crippen molar-refractivity contribution in [1.82, 2.24) is 0 Å². The fourth-order valence-electron chi connectivity index (χ4n) is 2.24. The lowest BCUT2D eigenvalue weighted by Crippen LogP contribution is -2.21. The predicted octanol–water partition coefficient (Wildman–Crippen LogP) is 3.93. The first kappa shape index (κ1) is 17.8. The van der Waals surface area contributed by atoms with E-state index in [4.69, 9.17) is 16.3 Å². The Balaban J connectivity index is 1.94. The highest BCUT2D eigenvalue weighted by molar-refractivity contribution is 6.32. The number of carbonyl (C=O) groups is 2. The fourth-order valence-corrected chi connectivity index (χ4v) is 2.50. The van der Waals surface area contributed by atoms with Crippen LogP contribution in [0, 0.1) is 13.8 Å². The molecule has 24 heavy (non-hydrogen) atoms. The number of rotatable bonds is 5. The molecule has 2 aromatic carbocycles. The van der Waals surface area contributed by atoms with Crippen LogP contribution in [0.1, 0.15) is 17.5 Å². The molecule has 0 aromatic heterocycles. The number of benzene rings is 2. The molecule has 2 rings (SSSR count). The highest BCUT2D eigenvalue weighted by Gasteiger charge is 2.12. The average Bonchev–Trinajstić information content (AvgIpc) is 2.50. The number of anilines is 2. The van der Waals surface area contributed by atoms with E-state index in [9.17, 15) is 9.59 Å². The summed E-state index contributed by atoms with van der Waals surface area (Å²) in [6.45, 7) is 3.88. The van der Waals surface area contributed by atoms with Crippen LogP contribution in [-0.2, 0) is 9.59 Å².